The number of fused-ring (bicyclic) bond motifs is 1. The lowest BCUT2D eigenvalue weighted by Crippen LogP contribution is -2.37. The molecule has 0 aliphatic heterocycles. The van der Waals surface area contributed by atoms with Crippen molar-refractivity contribution in [2.45, 2.75) is 32.7 Å². The number of halogens is 1. The summed E-state index contributed by atoms with van der Waals surface area (Å²) in [6.07, 6.45) is 3.87. The molecular formula is C15H18ClN3O. The third-order valence-corrected chi connectivity index (χ3v) is 4.36. The van der Waals surface area contributed by atoms with Crippen molar-refractivity contribution >= 4 is 22.5 Å². The van der Waals surface area contributed by atoms with Crippen LogP contribution < -0.4 is 10.9 Å². The van der Waals surface area contributed by atoms with Gasteiger partial charge in [0.2, 0.25) is 0 Å². The maximum Gasteiger partial charge on any atom is 0.258 e. The minimum Gasteiger partial charge on any atom is -0.309 e. The van der Waals surface area contributed by atoms with E-state index in [9.17, 15) is 4.79 Å². The molecule has 0 bridgehead atoms. The van der Waals surface area contributed by atoms with Crippen LogP contribution in [-0.4, -0.2) is 16.5 Å². The van der Waals surface area contributed by atoms with E-state index in [1.54, 1.807) is 18.2 Å². The molecule has 106 valence electrons. The van der Waals surface area contributed by atoms with Crippen molar-refractivity contribution in [2.75, 3.05) is 6.54 Å². The zero-order valence-corrected chi connectivity index (χ0v) is 12.3. The van der Waals surface area contributed by atoms with Crippen LogP contribution in [0.4, 0.5) is 0 Å². The lowest BCUT2D eigenvalue weighted by Gasteiger charge is -2.38. The smallest absolute Gasteiger partial charge is 0.258 e. The van der Waals surface area contributed by atoms with E-state index in [0.717, 1.165) is 6.54 Å². The highest BCUT2D eigenvalue weighted by molar-refractivity contribution is 6.31. The molecule has 1 heterocycles. The van der Waals surface area contributed by atoms with E-state index in [1.165, 1.54) is 19.3 Å². The van der Waals surface area contributed by atoms with Crippen molar-refractivity contribution in [3.05, 3.63) is 39.4 Å². The van der Waals surface area contributed by atoms with Crippen LogP contribution in [0.2, 0.25) is 5.02 Å². The molecule has 0 saturated heterocycles. The molecule has 1 aliphatic rings. The van der Waals surface area contributed by atoms with Gasteiger partial charge in [-0.05, 0) is 36.5 Å². The van der Waals surface area contributed by atoms with E-state index in [0.29, 0.717) is 33.7 Å². The first-order valence-electron chi connectivity index (χ1n) is 6.95. The first-order valence-corrected chi connectivity index (χ1v) is 7.33. The van der Waals surface area contributed by atoms with Gasteiger partial charge in [0.1, 0.15) is 5.82 Å². The molecule has 2 aromatic rings. The predicted molar refractivity (Wildman–Crippen MR) is 81.0 cm³/mol. The Morgan fingerprint density at radius 3 is 2.95 bits per heavy atom. The zero-order valence-electron chi connectivity index (χ0n) is 11.5. The molecule has 0 radical (unpaired) electrons. The van der Waals surface area contributed by atoms with Gasteiger partial charge in [-0.1, -0.05) is 24.9 Å². The normalized spacial score (nSPS) is 17.1. The summed E-state index contributed by atoms with van der Waals surface area (Å²) in [6, 6.07) is 5.13. The van der Waals surface area contributed by atoms with Crippen LogP contribution in [0.1, 0.15) is 32.0 Å². The SMILES string of the molecule is CC1(CNCc2nc3cc(Cl)ccc3c(=O)[nH]2)CCC1. The third kappa shape index (κ3) is 2.72. The average Bonchev–Trinajstić information content (AvgIpc) is 2.36. The van der Waals surface area contributed by atoms with Crippen LogP contribution in [0.5, 0.6) is 0 Å². The number of hydrogen-bond acceptors (Lipinski definition) is 3. The molecule has 0 atom stereocenters. The highest BCUT2D eigenvalue weighted by Gasteiger charge is 2.30. The Hall–Kier alpha value is -1.39. The summed E-state index contributed by atoms with van der Waals surface area (Å²) in [5.74, 6) is 0.660. The second-order valence-corrected chi connectivity index (χ2v) is 6.38. The second kappa shape index (κ2) is 5.19. The van der Waals surface area contributed by atoms with Gasteiger partial charge in [0.15, 0.2) is 0 Å². The number of rotatable bonds is 4. The van der Waals surface area contributed by atoms with Crippen LogP contribution in [0.25, 0.3) is 10.9 Å². The van der Waals surface area contributed by atoms with E-state index in [1.807, 2.05) is 0 Å². The van der Waals surface area contributed by atoms with E-state index in [2.05, 4.69) is 22.2 Å². The number of aromatic amines is 1. The van der Waals surface area contributed by atoms with Crippen LogP contribution in [-0.2, 0) is 6.54 Å². The summed E-state index contributed by atoms with van der Waals surface area (Å²) >= 11 is 5.95. The van der Waals surface area contributed by atoms with E-state index in [-0.39, 0.29) is 5.56 Å². The van der Waals surface area contributed by atoms with Gasteiger partial charge in [0, 0.05) is 11.6 Å². The Bertz CT molecular complexity index is 691. The molecule has 5 heteroatoms. The Balaban J connectivity index is 1.76. The fraction of sp³-hybridized carbons (Fsp3) is 0.467. The zero-order chi connectivity index (χ0) is 14.2. The Morgan fingerprint density at radius 2 is 2.25 bits per heavy atom. The van der Waals surface area contributed by atoms with Crippen molar-refractivity contribution in [2.24, 2.45) is 5.41 Å². The average molecular weight is 292 g/mol. The molecule has 0 spiro atoms. The molecule has 2 N–H and O–H groups in total. The minimum atomic E-state index is -0.113. The molecule has 1 fully saturated rings. The molecule has 1 aromatic heterocycles. The fourth-order valence-corrected chi connectivity index (χ4v) is 2.85. The first kappa shape index (κ1) is 13.6. The topological polar surface area (TPSA) is 57.8 Å². The highest BCUT2D eigenvalue weighted by atomic mass is 35.5. The van der Waals surface area contributed by atoms with Gasteiger partial charge in [0.05, 0.1) is 17.4 Å². The summed E-state index contributed by atoms with van der Waals surface area (Å²) in [6.45, 7) is 3.83. The number of benzene rings is 1. The van der Waals surface area contributed by atoms with Crippen LogP contribution in [0.15, 0.2) is 23.0 Å². The summed E-state index contributed by atoms with van der Waals surface area (Å²) in [4.78, 5) is 19.2. The van der Waals surface area contributed by atoms with Crippen LogP contribution in [0.3, 0.4) is 0 Å². The van der Waals surface area contributed by atoms with Crippen molar-refractivity contribution in [1.29, 1.82) is 0 Å². The largest absolute Gasteiger partial charge is 0.309 e. The molecule has 1 aliphatic carbocycles. The van der Waals surface area contributed by atoms with Gasteiger partial charge in [-0.3, -0.25) is 4.79 Å². The maximum atomic E-state index is 12.0. The van der Waals surface area contributed by atoms with Gasteiger partial charge in [-0.15, -0.1) is 0 Å². The molecule has 3 rings (SSSR count). The molecule has 1 saturated carbocycles. The third-order valence-electron chi connectivity index (χ3n) is 4.12. The standard InChI is InChI=1S/C15H18ClN3O/c1-15(5-2-6-15)9-17-8-13-18-12-7-10(16)3-4-11(12)14(20)19-13/h3-4,7,17H,2,5-6,8-9H2,1H3,(H,18,19,20). The minimum absolute atomic E-state index is 0.113. The number of H-pyrrole nitrogens is 1. The quantitative estimate of drug-likeness (QED) is 0.911. The maximum absolute atomic E-state index is 12.0. The van der Waals surface area contributed by atoms with Crippen molar-refractivity contribution in [3.8, 4) is 0 Å². The number of nitrogens with zero attached hydrogens (tertiary/aromatic N) is 1. The van der Waals surface area contributed by atoms with Gasteiger partial charge < -0.3 is 10.3 Å². The summed E-state index contributed by atoms with van der Waals surface area (Å²) < 4.78 is 0. The molecule has 0 amide bonds. The monoisotopic (exact) mass is 291 g/mol. The summed E-state index contributed by atoms with van der Waals surface area (Å²) in [5, 5.41) is 4.55. The first-order chi connectivity index (χ1) is 9.56. The van der Waals surface area contributed by atoms with Crippen molar-refractivity contribution in [3.63, 3.8) is 0 Å². The second-order valence-electron chi connectivity index (χ2n) is 5.94. The predicted octanol–water partition coefficient (Wildman–Crippen LogP) is 2.86. The Kier molecular flexibility index (Phi) is 3.52. The lowest BCUT2D eigenvalue weighted by molar-refractivity contribution is 0.156. The highest BCUT2D eigenvalue weighted by Crippen LogP contribution is 2.39. The van der Waals surface area contributed by atoms with Crippen LogP contribution >= 0.6 is 11.6 Å². The van der Waals surface area contributed by atoms with Gasteiger partial charge in [-0.25, -0.2) is 4.98 Å². The molecular weight excluding hydrogens is 274 g/mol. The summed E-state index contributed by atoms with van der Waals surface area (Å²) in [5.41, 5.74) is 0.951. The van der Waals surface area contributed by atoms with Gasteiger partial charge in [-0.2, -0.15) is 0 Å². The van der Waals surface area contributed by atoms with E-state index >= 15 is 0 Å². The Labute approximate surface area is 122 Å². The van der Waals surface area contributed by atoms with E-state index in [4.69, 9.17) is 11.6 Å². The van der Waals surface area contributed by atoms with Crippen molar-refractivity contribution in [1.82, 2.24) is 15.3 Å². The molecule has 20 heavy (non-hydrogen) atoms. The molecule has 4 nitrogen and oxygen atoms in total. The van der Waals surface area contributed by atoms with Gasteiger partial charge in [0.25, 0.3) is 5.56 Å². The molecule has 1 aromatic carbocycles. The van der Waals surface area contributed by atoms with Gasteiger partial charge >= 0.3 is 0 Å². The van der Waals surface area contributed by atoms with E-state index < -0.39 is 0 Å². The number of hydrogen-bond donors (Lipinski definition) is 2. The number of nitrogens with one attached hydrogen (secondary N) is 2. The van der Waals surface area contributed by atoms with Crippen LogP contribution in [0, 0.1) is 5.41 Å². The Morgan fingerprint density at radius 1 is 1.45 bits per heavy atom. The molecule has 0 unspecified atom stereocenters. The summed E-state index contributed by atoms with van der Waals surface area (Å²) in [7, 11) is 0. The number of aromatic nitrogens is 2. The lowest BCUT2D eigenvalue weighted by atomic mass is 9.70. The fourth-order valence-electron chi connectivity index (χ4n) is 2.68. The van der Waals surface area contributed by atoms with Crippen molar-refractivity contribution < 1.29 is 0 Å².